The van der Waals surface area contributed by atoms with E-state index in [1.807, 2.05) is 0 Å². The molecule has 0 aliphatic rings. The average Bonchev–Trinajstić information content (AvgIpc) is 2.35. The Kier molecular flexibility index (Phi) is 5.94. The van der Waals surface area contributed by atoms with Crippen LogP contribution in [0.4, 0.5) is 0 Å². The van der Waals surface area contributed by atoms with Crippen molar-refractivity contribution in [1.29, 1.82) is 0 Å². The minimum Gasteiger partial charge on any atom is -0.478 e. The molecule has 0 radical (unpaired) electrons. The van der Waals surface area contributed by atoms with E-state index in [1.54, 1.807) is 7.11 Å². The molecule has 0 spiro atoms. The molecule has 0 fully saturated rings. The lowest BCUT2D eigenvalue weighted by molar-refractivity contribution is 0.0697. The van der Waals surface area contributed by atoms with E-state index < -0.39 is 16.0 Å². The quantitative estimate of drug-likeness (QED) is 0.691. The standard InChI is InChI=1S/C12H17NO5S/c1-18-8-2-7-13-19(16,17)9-10-3-5-11(6-4-10)12(14)15/h3-6,13H,2,7-9H2,1H3,(H,14,15). The number of methoxy groups -OCH3 is 1. The number of sulfonamides is 1. The minimum absolute atomic E-state index is 0.134. The largest absolute Gasteiger partial charge is 0.478 e. The van der Waals surface area contributed by atoms with Gasteiger partial charge >= 0.3 is 5.97 Å². The first-order valence-electron chi connectivity index (χ1n) is 5.73. The van der Waals surface area contributed by atoms with Crippen molar-refractivity contribution in [3.05, 3.63) is 35.4 Å². The van der Waals surface area contributed by atoms with Gasteiger partial charge in [-0.25, -0.2) is 17.9 Å². The molecule has 0 saturated heterocycles. The third-order valence-electron chi connectivity index (χ3n) is 2.40. The van der Waals surface area contributed by atoms with Crippen molar-refractivity contribution in [1.82, 2.24) is 4.72 Å². The van der Waals surface area contributed by atoms with Crippen LogP contribution >= 0.6 is 0 Å². The average molecular weight is 287 g/mol. The Hall–Kier alpha value is -1.44. The zero-order chi connectivity index (χ0) is 14.3. The van der Waals surface area contributed by atoms with Crippen LogP contribution in [0.3, 0.4) is 0 Å². The molecule has 6 nitrogen and oxygen atoms in total. The molecular formula is C12H17NO5S. The summed E-state index contributed by atoms with van der Waals surface area (Å²) < 4.78 is 30.7. The Bertz CT molecular complexity index is 509. The van der Waals surface area contributed by atoms with Crippen molar-refractivity contribution < 1.29 is 23.1 Å². The Morgan fingerprint density at radius 3 is 2.47 bits per heavy atom. The van der Waals surface area contributed by atoms with Crippen molar-refractivity contribution >= 4 is 16.0 Å². The number of aromatic carboxylic acids is 1. The van der Waals surface area contributed by atoms with Gasteiger partial charge < -0.3 is 9.84 Å². The summed E-state index contributed by atoms with van der Waals surface area (Å²) in [4.78, 5) is 10.7. The maximum atomic E-state index is 11.7. The molecule has 0 bridgehead atoms. The highest BCUT2D eigenvalue weighted by molar-refractivity contribution is 7.88. The third kappa shape index (κ3) is 5.82. The Morgan fingerprint density at radius 1 is 1.32 bits per heavy atom. The van der Waals surface area contributed by atoms with E-state index >= 15 is 0 Å². The molecule has 0 unspecified atom stereocenters. The zero-order valence-electron chi connectivity index (χ0n) is 10.6. The second kappa shape index (κ2) is 7.22. The summed E-state index contributed by atoms with van der Waals surface area (Å²) in [5.41, 5.74) is 0.679. The van der Waals surface area contributed by atoms with E-state index in [1.165, 1.54) is 24.3 Å². The van der Waals surface area contributed by atoms with Gasteiger partial charge in [-0.05, 0) is 24.1 Å². The Morgan fingerprint density at radius 2 is 1.95 bits per heavy atom. The van der Waals surface area contributed by atoms with E-state index in [2.05, 4.69) is 4.72 Å². The molecule has 0 amide bonds. The molecule has 2 N–H and O–H groups in total. The molecule has 0 saturated carbocycles. The highest BCUT2D eigenvalue weighted by atomic mass is 32.2. The normalized spacial score (nSPS) is 11.4. The van der Waals surface area contributed by atoms with E-state index in [-0.39, 0.29) is 11.3 Å². The van der Waals surface area contributed by atoms with Crippen LogP contribution in [0.2, 0.25) is 0 Å². The lowest BCUT2D eigenvalue weighted by Gasteiger charge is -2.06. The smallest absolute Gasteiger partial charge is 0.335 e. The van der Waals surface area contributed by atoms with Gasteiger partial charge in [0.1, 0.15) is 0 Å². The summed E-state index contributed by atoms with van der Waals surface area (Å²) in [5, 5.41) is 8.73. The van der Waals surface area contributed by atoms with Gasteiger partial charge in [-0.2, -0.15) is 0 Å². The highest BCUT2D eigenvalue weighted by Gasteiger charge is 2.11. The lowest BCUT2D eigenvalue weighted by atomic mass is 10.1. The summed E-state index contributed by atoms with van der Waals surface area (Å²) >= 11 is 0. The van der Waals surface area contributed by atoms with Crippen LogP contribution in [0, 0.1) is 0 Å². The van der Waals surface area contributed by atoms with Crippen LogP contribution in [0.5, 0.6) is 0 Å². The second-order valence-corrected chi connectivity index (χ2v) is 5.81. The fourth-order valence-electron chi connectivity index (χ4n) is 1.46. The summed E-state index contributed by atoms with van der Waals surface area (Å²) in [5.74, 6) is -1.20. The van der Waals surface area contributed by atoms with Gasteiger partial charge in [0.25, 0.3) is 0 Å². The molecule has 1 aromatic carbocycles. The van der Waals surface area contributed by atoms with Crippen LogP contribution in [-0.2, 0) is 20.5 Å². The molecule has 19 heavy (non-hydrogen) atoms. The molecular weight excluding hydrogens is 270 g/mol. The van der Waals surface area contributed by atoms with E-state index in [0.29, 0.717) is 25.1 Å². The maximum absolute atomic E-state index is 11.7. The molecule has 0 heterocycles. The molecule has 0 aliphatic carbocycles. The number of hydrogen-bond acceptors (Lipinski definition) is 4. The molecule has 106 valence electrons. The predicted molar refractivity (Wildman–Crippen MR) is 70.5 cm³/mol. The molecule has 0 aliphatic heterocycles. The number of carbonyl (C=O) groups is 1. The van der Waals surface area contributed by atoms with Crippen molar-refractivity contribution in [2.24, 2.45) is 0 Å². The SMILES string of the molecule is COCCCNS(=O)(=O)Cc1ccc(C(=O)O)cc1. The van der Waals surface area contributed by atoms with E-state index in [4.69, 9.17) is 9.84 Å². The van der Waals surface area contributed by atoms with Crippen LogP contribution in [0.1, 0.15) is 22.3 Å². The molecule has 1 rings (SSSR count). The van der Waals surface area contributed by atoms with Gasteiger partial charge in [-0.3, -0.25) is 0 Å². The predicted octanol–water partition coefficient (Wildman–Crippen LogP) is 0.841. The molecule has 0 atom stereocenters. The Labute approximate surface area is 112 Å². The fraction of sp³-hybridized carbons (Fsp3) is 0.417. The number of rotatable bonds is 8. The van der Waals surface area contributed by atoms with Crippen LogP contribution in [0.25, 0.3) is 0 Å². The first-order valence-corrected chi connectivity index (χ1v) is 7.38. The zero-order valence-corrected chi connectivity index (χ0v) is 11.4. The van der Waals surface area contributed by atoms with Crippen LogP contribution in [-0.4, -0.2) is 39.8 Å². The summed E-state index contributed by atoms with van der Waals surface area (Å²) in [6.45, 7) is 0.819. The van der Waals surface area contributed by atoms with Crippen LogP contribution in [0.15, 0.2) is 24.3 Å². The Balaban J connectivity index is 2.55. The number of nitrogens with one attached hydrogen (secondary N) is 1. The fourth-order valence-corrected chi connectivity index (χ4v) is 2.65. The van der Waals surface area contributed by atoms with Gasteiger partial charge in [0.15, 0.2) is 0 Å². The van der Waals surface area contributed by atoms with Crippen molar-refractivity contribution in [2.45, 2.75) is 12.2 Å². The van der Waals surface area contributed by atoms with Gasteiger partial charge in [0, 0.05) is 20.3 Å². The minimum atomic E-state index is -3.40. The topological polar surface area (TPSA) is 92.7 Å². The number of benzene rings is 1. The van der Waals surface area contributed by atoms with Gasteiger partial charge in [-0.15, -0.1) is 0 Å². The number of hydrogen-bond donors (Lipinski definition) is 2. The third-order valence-corrected chi connectivity index (χ3v) is 3.76. The summed E-state index contributed by atoms with van der Waals surface area (Å²) in [6.07, 6.45) is 0.605. The first kappa shape index (κ1) is 15.6. The van der Waals surface area contributed by atoms with Crippen molar-refractivity contribution in [2.75, 3.05) is 20.3 Å². The number of carboxylic acid groups (broad SMARTS) is 1. The summed E-state index contributed by atoms with van der Waals surface area (Å²) in [6, 6.07) is 5.77. The summed E-state index contributed by atoms with van der Waals surface area (Å²) in [7, 11) is -1.85. The number of ether oxygens (including phenoxy) is 1. The van der Waals surface area contributed by atoms with Crippen molar-refractivity contribution in [3.63, 3.8) is 0 Å². The molecule has 0 aromatic heterocycles. The van der Waals surface area contributed by atoms with Gasteiger partial charge in [-0.1, -0.05) is 12.1 Å². The lowest BCUT2D eigenvalue weighted by Crippen LogP contribution is -2.26. The van der Waals surface area contributed by atoms with Gasteiger partial charge in [0.05, 0.1) is 11.3 Å². The van der Waals surface area contributed by atoms with E-state index in [0.717, 1.165) is 0 Å². The van der Waals surface area contributed by atoms with Crippen LogP contribution < -0.4 is 4.72 Å². The monoisotopic (exact) mass is 287 g/mol. The molecule has 1 aromatic rings. The van der Waals surface area contributed by atoms with E-state index in [9.17, 15) is 13.2 Å². The second-order valence-electron chi connectivity index (χ2n) is 4.00. The highest BCUT2D eigenvalue weighted by Crippen LogP contribution is 2.07. The van der Waals surface area contributed by atoms with Crippen molar-refractivity contribution in [3.8, 4) is 0 Å². The number of carboxylic acids is 1. The molecule has 7 heteroatoms. The maximum Gasteiger partial charge on any atom is 0.335 e. The van der Waals surface area contributed by atoms with Gasteiger partial charge in [0.2, 0.25) is 10.0 Å². The first-order chi connectivity index (χ1) is 8.94.